The molecule has 2 heteroatoms. The Balaban J connectivity index is 3.41. The van der Waals surface area contributed by atoms with Crippen LogP contribution in [0.4, 0.5) is 0 Å². The van der Waals surface area contributed by atoms with E-state index in [0.29, 0.717) is 6.42 Å². The van der Waals surface area contributed by atoms with Gasteiger partial charge in [0.1, 0.15) is 0 Å². The average Bonchev–Trinajstić information content (AvgIpc) is 2.11. The van der Waals surface area contributed by atoms with Gasteiger partial charge in [0.2, 0.25) is 0 Å². The highest BCUT2D eigenvalue weighted by Gasteiger charge is 2.07. The highest BCUT2D eigenvalue weighted by Crippen LogP contribution is 2.06. The first-order valence-corrected chi connectivity index (χ1v) is 5.40. The van der Waals surface area contributed by atoms with E-state index in [1.807, 2.05) is 6.92 Å². The lowest BCUT2D eigenvalue weighted by Gasteiger charge is -2.12. The largest absolute Gasteiger partial charge is 0.463 e. The van der Waals surface area contributed by atoms with Gasteiger partial charge in [0.05, 0.1) is 6.10 Å². The van der Waals surface area contributed by atoms with E-state index in [2.05, 4.69) is 13.8 Å². The fraction of sp³-hybridized carbons (Fsp3) is 0.909. The molecular formula is C11H22O2. The Labute approximate surface area is 81.7 Å². The molecule has 0 aliphatic heterocycles. The lowest BCUT2D eigenvalue weighted by molar-refractivity contribution is -0.148. The lowest BCUT2D eigenvalue weighted by Crippen LogP contribution is -2.14. The summed E-state index contributed by atoms with van der Waals surface area (Å²) in [5.41, 5.74) is 0. The maximum absolute atomic E-state index is 11.2. The number of carbonyl (C=O) groups excluding carboxylic acids is 1. The molecule has 2 nitrogen and oxygen atoms in total. The van der Waals surface area contributed by atoms with Crippen molar-refractivity contribution in [3.8, 4) is 0 Å². The number of unbranched alkanes of at least 4 members (excludes halogenated alkanes) is 2. The predicted molar refractivity (Wildman–Crippen MR) is 54.6 cm³/mol. The SMILES string of the molecule is CCCCC(=O)O[C@@H](C)CCCC. The van der Waals surface area contributed by atoms with Crippen LogP contribution in [0.1, 0.15) is 59.3 Å². The fourth-order valence-corrected chi connectivity index (χ4v) is 1.15. The second-order valence-electron chi connectivity index (χ2n) is 3.55. The maximum atomic E-state index is 11.2. The molecule has 0 unspecified atom stereocenters. The summed E-state index contributed by atoms with van der Waals surface area (Å²) in [5.74, 6) is -0.0366. The van der Waals surface area contributed by atoms with Gasteiger partial charge in [-0.2, -0.15) is 0 Å². The molecule has 0 N–H and O–H groups in total. The monoisotopic (exact) mass is 186 g/mol. The highest BCUT2D eigenvalue weighted by molar-refractivity contribution is 5.69. The van der Waals surface area contributed by atoms with Crippen molar-refractivity contribution < 1.29 is 9.53 Å². The molecular weight excluding hydrogens is 164 g/mol. The van der Waals surface area contributed by atoms with Crippen LogP contribution in [-0.4, -0.2) is 12.1 Å². The Morgan fingerprint density at radius 2 is 1.85 bits per heavy atom. The third-order valence-corrected chi connectivity index (χ3v) is 2.03. The Morgan fingerprint density at radius 1 is 1.23 bits per heavy atom. The molecule has 13 heavy (non-hydrogen) atoms. The summed E-state index contributed by atoms with van der Waals surface area (Å²) in [6.07, 6.45) is 5.97. The summed E-state index contributed by atoms with van der Waals surface area (Å²) in [6, 6.07) is 0. The molecule has 0 heterocycles. The number of carbonyl (C=O) groups is 1. The van der Waals surface area contributed by atoms with Crippen LogP contribution in [0.2, 0.25) is 0 Å². The van der Waals surface area contributed by atoms with E-state index in [-0.39, 0.29) is 12.1 Å². The third kappa shape index (κ3) is 7.82. The van der Waals surface area contributed by atoms with Crippen LogP contribution in [0.5, 0.6) is 0 Å². The van der Waals surface area contributed by atoms with Gasteiger partial charge in [0, 0.05) is 6.42 Å². The Bertz CT molecular complexity index is 132. The smallest absolute Gasteiger partial charge is 0.306 e. The first kappa shape index (κ1) is 12.5. The summed E-state index contributed by atoms with van der Waals surface area (Å²) in [6.45, 7) is 6.19. The van der Waals surface area contributed by atoms with Crippen molar-refractivity contribution >= 4 is 5.97 Å². The fourth-order valence-electron chi connectivity index (χ4n) is 1.15. The molecule has 0 aromatic rings. The van der Waals surface area contributed by atoms with Crippen molar-refractivity contribution in [2.24, 2.45) is 0 Å². The average molecular weight is 186 g/mol. The molecule has 0 saturated heterocycles. The normalized spacial score (nSPS) is 12.5. The summed E-state index contributed by atoms with van der Waals surface area (Å²) in [7, 11) is 0. The van der Waals surface area contributed by atoms with Gasteiger partial charge in [-0.05, 0) is 19.8 Å². The van der Waals surface area contributed by atoms with Gasteiger partial charge in [-0.1, -0.05) is 33.1 Å². The van der Waals surface area contributed by atoms with E-state index in [1.54, 1.807) is 0 Å². The van der Waals surface area contributed by atoms with Crippen LogP contribution < -0.4 is 0 Å². The maximum Gasteiger partial charge on any atom is 0.306 e. The zero-order valence-corrected chi connectivity index (χ0v) is 9.14. The topological polar surface area (TPSA) is 26.3 Å². The quantitative estimate of drug-likeness (QED) is 0.570. The number of ether oxygens (including phenoxy) is 1. The minimum Gasteiger partial charge on any atom is -0.463 e. The summed E-state index contributed by atoms with van der Waals surface area (Å²) < 4.78 is 5.22. The van der Waals surface area contributed by atoms with E-state index in [4.69, 9.17) is 4.74 Å². The van der Waals surface area contributed by atoms with E-state index in [0.717, 1.165) is 32.1 Å². The second-order valence-corrected chi connectivity index (χ2v) is 3.55. The van der Waals surface area contributed by atoms with Crippen molar-refractivity contribution in [1.82, 2.24) is 0 Å². The van der Waals surface area contributed by atoms with Gasteiger partial charge in [0.25, 0.3) is 0 Å². The van der Waals surface area contributed by atoms with Crippen molar-refractivity contribution in [3.05, 3.63) is 0 Å². The molecule has 0 bridgehead atoms. The standard InChI is InChI=1S/C11H22O2/c1-4-6-8-10(3)13-11(12)9-7-5-2/h10H,4-9H2,1-3H3/t10-/m0/s1. The number of esters is 1. The van der Waals surface area contributed by atoms with Crippen LogP contribution >= 0.6 is 0 Å². The molecule has 78 valence electrons. The van der Waals surface area contributed by atoms with Crippen LogP contribution in [0.15, 0.2) is 0 Å². The lowest BCUT2D eigenvalue weighted by atomic mass is 10.2. The van der Waals surface area contributed by atoms with E-state index >= 15 is 0 Å². The van der Waals surface area contributed by atoms with Crippen LogP contribution in [0, 0.1) is 0 Å². The first-order chi connectivity index (χ1) is 6.20. The predicted octanol–water partition coefficient (Wildman–Crippen LogP) is 3.30. The molecule has 0 saturated carbocycles. The number of hydrogen-bond acceptors (Lipinski definition) is 2. The zero-order chi connectivity index (χ0) is 10.1. The summed E-state index contributed by atoms with van der Waals surface area (Å²) in [5, 5.41) is 0. The van der Waals surface area contributed by atoms with Crippen molar-refractivity contribution in [1.29, 1.82) is 0 Å². The van der Waals surface area contributed by atoms with Gasteiger partial charge in [0.15, 0.2) is 0 Å². The van der Waals surface area contributed by atoms with Crippen molar-refractivity contribution in [2.75, 3.05) is 0 Å². The highest BCUT2D eigenvalue weighted by atomic mass is 16.5. The second kappa shape index (κ2) is 8.09. The van der Waals surface area contributed by atoms with Crippen molar-refractivity contribution in [2.45, 2.75) is 65.4 Å². The Kier molecular flexibility index (Phi) is 7.76. The van der Waals surface area contributed by atoms with Gasteiger partial charge in [-0.15, -0.1) is 0 Å². The first-order valence-electron chi connectivity index (χ1n) is 5.40. The molecule has 0 aliphatic carbocycles. The Morgan fingerprint density at radius 3 is 2.38 bits per heavy atom. The Hall–Kier alpha value is -0.530. The van der Waals surface area contributed by atoms with Gasteiger partial charge < -0.3 is 4.74 Å². The van der Waals surface area contributed by atoms with Crippen LogP contribution in [-0.2, 0) is 9.53 Å². The molecule has 0 aromatic carbocycles. The molecule has 0 aromatic heterocycles. The molecule has 1 atom stereocenters. The van der Waals surface area contributed by atoms with Crippen molar-refractivity contribution in [3.63, 3.8) is 0 Å². The van der Waals surface area contributed by atoms with Gasteiger partial charge in [-0.3, -0.25) is 4.79 Å². The number of hydrogen-bond donors (Lipinski definition) is 0. The molecule has 0 radical (unpaired) electrons. The van der Waals surface area contributed by atoms with E-state index < -0.39 is 0 Å². The minimum atomic E-state index is -0.0366. The molecule has 0 rings (SSSR count). The van der Waals surface area contributed by atoms with Gasteiger partial charge in [-0.25, -0.2) is 0 Å². The zero-order valence-electron chi connectivity index (χ0n) is 9.14. The molecule has 0 aliphatic rings. The summed E-state index contributed by atoms with van der Waals surface area (Å²) >= 11 is 0. The van der Waals surface area contributed by atoms with E-state index in [1.165, 1.54) is 0 Å². The van der Waals surface area contributed by atoms with Gasteiger partial charge >= 0.3 is 5.97 Å². The molecule has 0 fully saturated rings. The minimum absolute atomic E-state index is 0.0366. The molecule has 0 amide bonds. The third-order valence-electron chi connectivity index (χ3n) is 2.03. The number of rotatable bonds is 7. The summed E-state index contributed by atoms with van der Waals surface area (Å²) in [4.78, 5) is 11.2. The van der Waals surface area contributed by atoms with Crippen LogP contribution in [0.25, 0.3) is 0 Å². The van der Waals surface area contributed by atoms with E-state index in [9.17, 15) is 4.79 Å². The van der Waals surface area contributed by atoms with Crippen LogP contribution in [0.3, 0.4) is 0 Å². The molecule has 0 spiro atoms.